The van der Waals surface area contributed by atoms with E-state index in [0.29, 0.717) is 32.6 Å². The largest absolute Gasteiger partial charge is 0.383 e. The minimum Gasteiger partial charge on any atom is -0.383 e. The van der Waals surface area contributed by atoms with Gasteiger partial charge in [-0.2, -0.15) is 0 Å². The Morgan fingerprint density at radius 1 is 1.07 bits per heavy atom. The summed E-state index contributed by atoms with van der Waals surface area (Å²) in [5, 5.41) is 16.8. The zero-order valence-corrected chi connectivity index (χ0v) is 17.0. The standard InChI is InChI=1S/C23H32N2O4/c26-21(24-14-11-18-7-3-1-4-8-18)22(27)25-17-23(28,19-9-5-2-6-10-19)20-12-15-29-16-13-20/h2,5-7,9-10,20,28H,1,3-4,8,11-17H2,(H,24,26)(H,25,27)/t23-/m1/s1. The monoisotopic (exact) mass is 400 g/mol. The molecule has 1 aliphatic carbocycles. The van der Waals surface area contributed by atoms with Crippen LogP contribution in [0.5, 0.6) is 0 Å². The van der Waals surface area contributed by atoms with Crippen molar-refractivity contribution in [3.63, 3.8) is 0 Å². The summed E-state index contributed by atoms with van der Waals surface area (Å²) in [5.74, 6) is -1.40. The van der Waals surface area contributed by atoms with Gasteiger partial charge in [-0.3, -0.25) is 9.59 Å². The van der Waals surface area contributed by atoms with Crippen molar-refractivity contribution in [3.8, 4) is 0 Å². The Morgan fingerprint density at radius 3 is 2.48 bits per heavy atom. The van der Waals surface area contributed by atoms with Crippen molar-refractivity contribution in [3.05, 3.63) is 47.5 Å². The predicted molar refractivity (Wildman–Crippen MR) is 111 cm³/mol. The lowest BCUT2D eigenvalue weighted by atomic mass is 9.77. The number of ether oxygens (including phenoxy) is 1. The Hall–Kier alpha value is -2.18. The molecule has 6 nitrogen and oxygen atoms in total. The number of benzene rings is 1. The van der Waals surface area contributed by atoms with Crippen molar-refractivity contribution >= 4 is 11.8 Å². The third-order valence-electron chi connectivity index (χ3n) is 6.01. The van der Waals surface area contributed by atoms with Gasteiger partial charge in [0.05, 0.1) is 6.54 Å². The molecule has 29 heavy (non-hydrogen) atoms. The smallest absolute Gasteiger partial charge is 0.309 e. The number of carbonyl (C=O) groups excluding carboxylic acids is 2. The predicted octanol–water partition coefficient (Wildman–Crippen LogP) is 2.42. The van der Waals surface area contributed by atoms with E-state index < -0.39 is 17.4 Å². The van der Waals surface area contributed by atoms with Gasteiger partial charge in [-0.25, -0.2) is 0 Å². The van der Waals surface area contributed by atoms with Gasteiger partial charge >= 0.3 is 11.8 Å². The molecule has 1 saturated heterocycles. The number of hydrogen-bond acceptors (Lipinski definition) is 4. The van der Waals surface area contributed by atoms with Crippen LogP contribution in [-0.4, -0.2) is 43.2 Å². The molecule has 0 unspecified atom stereocenters. The molecule has 2 amide bonds. The summed E-state index contributed by atoms with van der Waals surface area (Å²) in [6, 6.07) is 9.35. The zero-order chi connectivity index (χ0) is 20.5. The van der Waals surface area contributed by atoms with Crippen molar-refractivity contribution in [2.75, 3.05) is 26.3 Å². The molecule has 1 atom stereocenters. The molecule has 1 fully saturated rings. The van der Waals surface area contributed by atoms with Crippen LogP contribution in [0.1, 0.15) is 50.5 Å². The second-order valence-corrected chi connectivity index (χ2v) is 7.97. The summed E-state index contributed by atoms with van der Waals surface area (Å²) in [5.41, 5.74) is 0.875. The number of allylic oxidation sites excluding steroid dienone is 1. The fraction of sp³-hybridized carbons (Fsp3) is 0.565. The number of carbonyl (C=O) groups is 2. The van der Waals surface area contributed by atoms with E-state index in [0.717, 1.165) is 24.8 Å². The number of aliphatic hydroxyl groups is 1. The van der Waals surface area contributed by atoms with Crippen LogP contribution in [0.4, 0.5) is 0 Å². The van der Waals surface area contributed by atoms with Gasteiger partial charge in [0.1, 0.15) is 5.60 Å². The Morgan fingerprint density at radius 2 is 1.79 bits per heavy atom. The lowest BCUT2D eigenvalue weighted by Crippen LogP contribution is -2.50. The van der Waals surface area contributed by atoms with E-state index >= 15 is 0 Å². The Labute approximate surface area is 172 Å². The molecule has 3 rings (SSSR count). The summed E-state index contributed by atoms with van der Waals surface area (Å²) in [7, 11) is 0. The topological polar surface area (TPSA) is 87.7 Å². The average molecular weight is 401 g/mol. The second kappa shape index (κ2) is 10.6. The average Bonchev–Trinajstić information content (AvgIpc) is 2.79. The maximum absolute atomic E-state index is 12.3. The molecule has 0 bridgehead atoms. The summed E-state index contributed by atoms with van der Waals surface area (Å²) in [6.07, 6.45) is 9.06. The first-order valence-corrected chi connectivity index (χ1v) is 10.7. The van der Waals surface area contributed by atoms with Gasteiger partial charge in [0, 0.05) is 19.8 Å². The first-order chi connectivity index (χ1) is 14.1. The molecule has 1 aromatic carbocycles. The summed E-state index contributed by atoms with van der Waals surface area (Å²) < 4.78 is 5.42. The molecular formula is C23H32N2O4. The van der Waals surface area contributed by atoms with E-state index in [4.69, 9.17) is 4.74 Å². The van der Waals surface area contributed by atoms with Crippen LogP contribution >= 0.6 is 0 Å². The van der Waals surface area contributed by atoms with E-state index in [1.165, 1.54) is 18.4 Å². The van der Waals surface area contributed by atoms with Crippen LogP contribution in [0, 0.1) is 5.92 Å². The molecule has 1 aliphatic heterocycles. The van der Waals surface area contributed by atoms with E-state index in [1.807, 2.05) is 30.3 Å². The van der Waals surface area contributed by atoms with Crippen LogP contribution in [0.25, 0.3) is 0 Å². The number of rotatable bonds is 7. The van der Waals surface area contributed by atoms with Crippen LogP contribution < -0.4 is 10.6 Å². The normalized spacial score (nSPS) is 19.7. The van der Waals surface area contributed by atoms with Crippen LogP contribution in [-0.2, 0) is 19.9 Å². The van der Waals surface area contributed by atoms with Gasteiger partial charge in [0.25, 0.3) is 0 Å². The maximum atomic E-state index is 12.3. The van der Waals surface area contributed by atoms with Crippen molar-refractivity contribution < 1.29 is 19.4 Å². The van der Waals surface area contributed by atoms with Crippen LogP contribution in [0.15, 0.2) is 42.0 Å². The lowest BCUT2D eigenvalue weighted by Gasteiger charge is -2.39. The second-order valence-electron chi connectivity index (χ2n) is 7.97. The van der Waals surface area contributed by atoms with E-state index in [9.17, 15) is 14.7 Å². The van der Waals surface area contributed by atoms with Gasteiger partial charge in [0.2, 0.25) is 0 Å². The molecule has 2 aliphatic rings. The minimum atomic E-state index is -1.23. The van der Waals surface area contributed by atoms with Gasteiger partial charge in [0.15, 0.2) is 0 Å². The van der Waals surface area contributed by atoms with E-state index in [1.54, 1.807) is 0 Å². The highest BCUT2D eigenvalue weighted by molar-refractivity contribution is 6.35. The molecule has 158 valence electrons. The molecule has 0 aromatic heterocycles. The van der Waals surface area contributed by atoms with Gasteiger partial charge in [-0.1, -0.05) is 42.0 Å². The number of nitrogens with one attached hydrogen (secondary N) is 2. The van der Waals surface area contributed by atoms with Gasteiger partial charge in [-0.05, 0) is 56.4 Å². The fourth-order valence-corrected chi connectivity index (χ4v) is 4.23. The zero-order valence-electron chi connectivity index (χ0n) is 17.0. The molecule has 1 aromatic rings. The number of hydrogen-bond donors (Lipinski definition) is 3. The maximum Gasteiger partial charge on any atom is 0.309 e. The molecule has 0 radical (unpaired) electrons. The van der Waals surface area contributed by atoms with Crippen LogP contribution in [0.2, 0.25) is 0 Å². The minimum absolute atomic E-state index is 0.000907. The molecule has 3 N–H and O–H groups in total. The van der Waals surface area contributed by atoms with Gasteiger partial charge in [-0.15, -0.1) is 0 Å². The third kappa shape index (κ3) is 5.90. The fourth-order valence-electron chi connectivity index (χ4n) is 4.23. The SMILES string of the molecule is O=C(NCCC1=CCCCC1)C(=O)NC[C@@](O)(c1ccccc1)C1CCOCC1. The molecule has 0 saturated carbocycles. The molecular weight excluding hydrogens is 368 g/mol. The first kappa shape index (κ1) is 21.5. The van der Waals surface area contributed by atoms with Crippen molar-refractivity contribution in [1.82, 2.24) is 10.6 Å². The molecule has 1 heterocycles. The van der Waals surface area contributed by atoms with E-state index in [-0.39, 0.29) is 12.5 Å². The van der Waals surface area contributed by atoms with Gasteiger partial charge < -0.3 is 20.5 Å². The van der Waals surface area contributed by atoms with Crippen molar-refractivity contribution in [2.45, 2.75) is 50.5 Å². The first-order valence-electron chi connectivity index (χ1n) is 10.7. The molecule has 0 spiro atoms. The highest BCUT2D eigenvalue weighted by Crippen LogP contribution is 2.35. The number of amides is 2. The van der Waals surface area contributed by atoms with Crippen molar-refractivity contribution in [2.24, 2.45) is 5.92 Å². The van der Waals surface area contributed by atoms with Crippen molar-refractivity contribution in [1.29, 1.82) is 0 Å². The summed E-state index contributed by atoms with van der Waals surface area (Å²) in [6.45, 7) is 1.63. The lowest BCUT2D eigenvalue weighted by molar-refractivity contribution is -0.140. The Kier molecular flexibility index (Phi) is 7.83. The quantitative estimate of drug-likeness (QED) is 0.485. The Bertz CT molecular complexity index is 713. The van der Waals surface area contributed by atoms with Crippen LogP contribution in [0.3, 0.4) is 0 Å². The highest BCUT2D eigenvalue weighted by atomic mass is 16.5. The third-order valence-corrected chi connectivity index (χ3v) is 6.01. The summed E-state index contributed by atoms with van der Waals surface area (Å²) >= 11 is 0. The highest BCUT2D eigenvalue weighted by Gasteiger charge is 2.39. The Balaban J connectivity index is 1.54. The molecule has 6 heteroatoms. The van der Waals surface area contributed by atoms with E-state index in [2.05, 4.69) is 16.7 Å². The summed E-state index contributed by atoms with van der Waals surface area (Å²) in [4.78, 5) is 24.5.